The smallest absolute Gasteiger partial charge is 0.0235 e. The fourth-order valence-electron chi connectivity index (χ4n) is 3.00. The summed E-state index contributed by atoms with van der Waals surface area (Å²) in [5, 5.41) is 0. The molecule has 0 heteroatoms. The molecule has 58 valence electrons. The van der Waals surface area contributed by atoms with Gasteiger partial charge in [-0.15, -0.1) is 0 Å². The molecule has 2 rings (SSSR count). The average Bonchev–Trinajstić information content (AvgIpc) is 2.34. The third kappa shape index (κ3) is 0.580. The highest BCUT2D eigenvalue weighted by molar-refractivity contribution is 5.13. The Morgan fingerprint density at radius 1 is 1.20 bits per heavy atom. The lowest BCUT2D eigenvalue weighted by Crippen LogP contribution is -2.27. The van der Waals surface area contributed by atoms with E-state index in [1.807, 2.05) is 0 Å². The van der Waals surface area contributed by atoms with Crippen molar-refractivity contribution in [2.24, 2.45) is 23.2 Å². The van der Waals surface area contributed by atoms with Gasteiger partial charge in [-0.05, 0) is 36.0 Å². The third-order valence-electron chi connectivity index (χ3n) is 4.37. The minimum atomic E-state index is 0.862. The van der Waals surface area contributed by atoms with Crippen LogP contribution in [0.1, 0.15) is 40.0 Å². The van der Waals surface area contributed by atoms with Crippen LogP contribution in [0.4, 0.5) is 0 Å². The van der Waals surface area contributed by atoms with E-state index in [4.69, 9.17) is 0 Å². The van der Waals surface area contributed by atoms with Crippen LogP contribution in [0, 0.1) is 23.2 Å². The molecule has 0 bridgehead atoms. The molecule has 2 unspecified atom stereocenters. The Morgan fingerprint density at radius 3 is 2.00 bits per heavy atom. The maximum absolute atomic E-state index is 2.43. The van der Waals surface area contributed by atoms with Crippen LogP contribution in [-0.4, -0.2) is 0 Å². The predicted octanol–water partition coefficient (Wildman–Crippen LogP) is 3.08. The van der Waals surface area contributed by atoms with Gasteiger partial charge in [-0.25, -0.2) is 0 Å². The van der Waals surface area contributed by atoms with Crippen molar-refractivity contribution in [2.45, 2.75) is 40.0 Å². The first-order valence-corrected chi connectivity index (χ1v) is 4.70. The predicted molar refractivity (Wildman–Crippen MR) is 43.8 cm³/mol. The monoisotopic (exact) mass is 138 g/mol. The van der Waals surface area contributed by atoms with Crippen molar-refractivity contribution in [2.75, 3.05) is 0 Å². The second-order valence-corrected chi connectivity index (χ2v) is 4.49. The average molecular weight is 138 g/mol. The molecule has 10 heavy (non-hydrogen) atoms. The van der Waals surface area contributed by atoms with Gasteiger partial charge in [-0.3, -0.25) is 0 Å². The summed E-state index contributed by atoms with van der Waals surface area (Å²) in [6, 6.07) is 0. The van der Waals surface area contributed by atoms with E-state index in [1.54, 1.807) is 12.8 Å². The molecule has 0 saturated heterocycles. The van der Waals surface area contributed by atoms with Crippen molar-refractivity contribution < 1.29 is 0 Å². The van der Waals surface area contributed by atoms with Gasteiger partial charge in [0.25, 0.3) is 0 Å². The second-order valence-electron chi connectivity index (χ2n) is 4.49. The van der Waals surface area contributed by atoms with E-state index in [-0.39, 0.29) is 0 Å². The molecule has 2 aliphatic rings. The molecule has 0 aromatic rings. The highest BCUT2D eigenvalue weighted by Gasteiger charge is 2.64. The van der Waals surface area contributed by atoms with Gasteiger partial charge >= 0.3 is 0 Å². The summed E-state index contributed by atoms with van der Waals surface area (Å²) in [4.78, 5) is 0. The Kier molecular flexibility index (Phi) is 1.19. The molecular formula is C10H18. The first-order valence-electron chi connectivity index (χ1n) is 4.70. The Balaban J connectivity index is 1.91. The first kappa shape index (κ1) is 6.69. The molecule has 0 aliphatic heterocycles. The summed E-state index contributed by atoms with van der Waals surface area (Å²) in [6.07, 6.45) is 4.51. The van der Waals surface area contributed by atoms with E-state index in [0.29, 0.717) is 0 Å². The van der Waals surface area contributed by atoms with Gasteiger partial charge in [0.05, 0.1) is 0 Å². The minimum Gasteiger partial charge on any atom is -0.0651 e. The summed E-state index contributed by atoms with van der Waals surface area (Å²) in [7, 11) is 0. The van der Waals surface area contributed by atoms with Gasteiger partial charge in [0.1, 0.15) is 0 Å². The van der Waals surface area contributed by atoms with E-state index < -0.39 is 0 Å². The zero-order valence-corrected chi connectivity index (χ0v) is 7.35. The lowest BCUT2D eigenvalue weighted by Gasteiger charge is -2.37. The fraction of sp³-hybridized carbons (Fsp3) is 1.00. The van der Waals surface area contributed by atoms with Crippen LogP contribution in [0.3, 0.4) is 0 Å². The molecule has 0 amide bonds. The normalized spacial score (nSPS) is 58.5. The van der Waals surface area contributed by atoms with Gasteiger partial charge in [-0.2, -0.15) is 0 Å². The van der Waals surface area contributed by atoms with Gasteiger partial charge in [0.15, 0.2) is 0 Å². The highest BCUT2D eigenvalue weighted by atomic mass is 14.7. The highest BCUT2D eigenvalue weighted by Crippen LogP contribution is 2.71. The number of hydrogen-bond acceptors (Lipinski definition) is 0. The molecule has 0 aromatic heterocycles. The molecule has 0 heterocycles. The van der Waals surface area contributed by atoms with Gasteiger partial charge < -0.3 is 0 Å². The van der Waals surface area contributed by atoms with Crippen molar-refractivity contribution in [1.29, 1.82) is 0 Å². The zero-order chi connectivity index (χ0) is 7.35. The lowest BCUT2D eigenvalue weighted by atomic mass is 9.68. The molecule has 2 aliphatic carbocycles. The topological polar surface area (TPSA) is 0 Å². The van der Waals surface area contributed by atoms with Crippen LogP contribution in [0.5, 0.6) is 0 Å². The van der Waals surface area contributed by atoms with Crippen molar-refractivity contribution in [3.8, 4) is 0 Å². The molecule has 0 aromatic carbocycles. The summed E-state index contributed by atoms with van der Waals surface area (Å²) in [5.41, 5.74) is 0.862. The van der Waals surface area contributed by atoms with E-state index in [9.17, 15) is 0 Å². The van der Waals surface area contributed by atoms with Crippen molar-refractivity contribution in [1.82, 2.24) is 0 Å². The fourth-order valence-corrected chi connectivity index (χ4v) is 3.00. The summed E-state index contributed by atoms with van der Waals surface area (Å²) in [6.45, 7) is 7.18. The van der Waals surface area contributed by atoms with Crippen LogP contribution in [-0.2, 0) is 0 Å². The van der Waals surface area contributed by atoms with Crippen LogP contribution in [0.25, 0.3) is 0 Å². The van der Waals surface area contributed by atoms with Crippen LogP contribution in [0.15, 0.2) is 0 Å². The van der Waals surface area contributed by atoms with E-state index >= 15 is 0 Å². The van der Waals surface area contributed by atoms with E-state index in [2.05, 4.69) is 20.8 Å². The van der Waals surface area contributed by atoms with Gasteiger partial charge in [0, 0.05) is 0 Å². The Bertz CT molecular complexity index is 132. The standard InChI is InChI=1S/C10H18/c1-4-9-5-10(6-9)7(2)8(10)3/h7-9H,4-6H2,1-3H3. The summed E-state index contributed by atoms with van der Waals surface area (Å²) in [5.74, 6) is 3.19. The lowest BCUT2D eigenvalue weighted by molar-refractivity contribution is 0.136. The Morgan fingerprint density at radius 2 is 1.70 bits per heavy atom. The van der Waals surface area contributed by atoms with Crippen molar-refractivity contribution in [3.05, 3.63) is 0 Å². The molecular weight excluding hydrogens is 120 g/mol. The summed E-state index contributed by atoms with van der Waals surface area (Å²) >= 11 is 0. The van der Waals surface area contributed by atoms with E-state index in [1.165, 1.54) is 6.42 Å². The van der Waals surface area contributed by atoms with Crippen LogP contribution >= 0.6 is 0 Å². The quantitative estimate of drug-likeness (QED) is 0.522. The zero-order valence-electron chi connectivity index (χ0n) is 7.35. The van der Waals surface area contributed by atoms with Crippen molar-refractivity contribution >= 4 is 0 Å². The molecule has 2 atom stereocenters. The molecule has 0 N–H and O–H groups in total. The van der Waals surface area contributed by atoms with Crippen LogP contribution in [0.2, 0.25) is 0 Å². The minimum absolute atomic E-state index is 0.862. The molecule has 0 nitrogen and oxygen atoms in total. The largest absolute Gasteiger partial charge is 0.0651 e. The van der Waals surface area contributed by atoms with Crippen molar-refractivity contribution in [3.63, 3.8) is 0 Å². The van der Waals surface area contributed by atoms with E-state index in [0.717, 1.165) is 23.2 Å². The molecule has 2 saturated carbocycles. The van der Waals surface area contributed by atoms with Crippen LogP contribution < -0.4 is 0 Å². The van der Waals surface area contributed by atoms with Gasteiger partial charge in [-0.1, -0.05) is 27.2 Å². The number of hydrogen-bond donors (Lipinski definition) is 0. The second kappa shape index (κ2) is 1.78. The SMILES string of the molecule is CCC1CC2(C1)C(C)C2C. The summed E-state index contributed by atoms with van der Waals surface area (Å²) < 4.78 is 0. The first-order chi connectivity index (χ1) is 4.70. The molecule has 1 spiro atoms. The third-order valence-corrected chi connectivity index (χ3v) is 4.37. The number of rotatable bonds is 1. The maximum atomic E-state index is 2.43. The van der Waals surface area contributed by atoms with Gasteiger partial charge in [0.2, 0.25) is 0 Å². The Hall–Kier alpha value is 0. The molecule has 0 radical (unpaired) electrons. The molecule has 2 fully saturated rings. The maximum Gasteiger partial charge on any atom is -0.0235 e. The Labute approximate surface area is 64.0 Å².